The van der Waals surface area contributed by atoms with Gasteiger partial charge >= 0.3 is 0 Å². The number of nitrogens with zero attached hydrogens (tertiary/aromatic N) is 2. The quantitative estimate of drug-likeness (QED) is 0.871. The Morgan fingerprint density at radius 3 is 2.42 bits per heavy atom. The Kier molecular flexibility index (Phi) is 5.19. The van der Waals surface area contributed by atoms with Gasteiger partial charge in [0.25, 0.3) is 0 Å². The van der Waals surface area contributed by atoms with Gasteiger partial charge in [0, 0.05) is 38.3 Å². The number of ether oxygens (including phenoxy) is 1. The summed E-state index contributed by atoms with van der Waals surface area (Å²) in [5.41, 5.74) is 0.878. The molecule has 4 heteroatoms. The first-order valence-corrected chi connectivity index (χ1v) is 7.00. The SMILES string of the molecule is CCN1CCN(CC(O)c2ccccc2OC)CC1. The predicted octanol–water partition coefficient (Wildman–Crippen LogP) is 1.37. The Labute approximate surface area is 115 Å². The summed E-state index contributed by atoms with van der Waals surface area (Å²) in [6, 6.07) is 7.70. The number of hydrogen-bond donors (Lipinski definition) is 1. The molecule has 1 aliphatic rings. The summed E-state index contributed by atoms with van der Waals surface area (Å²) in [6.07, 6.45) is -0.482. The molecule has 19 heavy (non-hydrogen) atoms. The Hall–Kier alpha value is -1.10. The van der Waals surface area contributed by atoms with Crippen molar-refractivity contribution in [3.63, 3.8) is 0 Å². The fourth-order valence-electron chi connectivity index (χ4n) is 2.57. The lowest BCUT2D eigenvalue weighted by molar-refractivity contribution is 0.0731. The van der Waals surface area contributed by atoms with Gasteiger partial charge in [-0.05, 0) is 12.6 Å². The second-order valence-corrected chi connectivity index (χ2v) is 4.99. The van der Waals surface area contributed by atoms with Crippen LogP contribution in [-0.4, -0.2) is 61.3 Å². The fraction of sp³-hybridized carbons (Fsp3) is 0.600. The van der Waals surface area contributed by atoms with Gasteiger partial charge in [-0.2, -0.15) is 0 Å². The number of benzene rings is 1. The summed E-state index contributed by atoms with van der Waals surface area (Å²) in [4.78, 5) is 4.76. The van der Waals surface area contributed by atoms with Crippen molar-refractivity contribution in [2.75, 3.05) is 46.4 Å². The minimum Gasteiger partial charge on any atom is -0.496 e. The summed E-state index contributed by atoms with van der Waals surface area (Å²) in [5, 5.41) is 10.4. The van der Waals surface area contributed by atoms with Gasteiger partial charge in [0.2, 0.25) is 0 Å². The van der Waals surface area contributed by atoms with Crippen molar-refractivity contribution < 1.29 is 9.84 Å². The second-order valence-electron chi connectivity index (χ2n) is 4.99. The third-order valence-corrected chi connectivity index (χ3v) is 3.84. The molecule has 0 radical (unpaired) electrons. The molecule has 0 aromatic heterocycles. The lowest BCUT2D eigenvalue weighted by Crippen LogP contribution is -2.47. The molecule has 0 bridgehead atoms. The third kappa shape index (κ3) is 3.69. The van der Waals surface area contributed by atoms with Crippen molar-refractivity contribution in [3.05, 3.63) is 29.8 Å². The molecular formula is C15H24N2O2. The number of aliphatic hydroxyl groups is 1. The number of hydrogen-bond acceptors (Lipinski definition) is 4. The van der Waals surface area contributed by atoms with E-state index in [1.54, 1.807) is 7.11 Å². The van der Waals surface area contributed by atoms with Crippen LogP contribution in [0.3, 0.4) is 0 Å². The average Bonchev–Trinajstić information content (AvgIpc) is 2.48. The molecule has 0 spiro atoms. The van der Waals surface area contributed by atoms with Crippen LogP contribution in [0.5, 0.6) is 5.75 Å². The lowest BCUT2D eigenvalue weighted by atomic mass is 10.1. The Balaban J connectivity index is 1.92. The standard InChI is InChI=1S/C15H24N2O2/c1-3-16-8-10-17(11-9-16)12-14(18)13-6-4-5-7-15(13)19-2/h4-7,14,18H,3,8-12H2,1-2H3. The van der Waals surface area contributed by atoms with Crippen molar-refractivity contribution in [3.8, 4) is 5.75 Å². The van der Waals surface area contributed by atoms with E-state index in [-0.39, 0.29) is 0 Å². The average molecular weight is 264 g/mol. The Morgan fingerprint density at radius 1 is 1.16 bits per heavy atom. The van der Waals surface area contributed by atoms with Gasteiger partial charge in [-0.3, -0.25) is 4.90 Å². The van der Waals surface area contributed by atoms with Crippen LogP contribution in [0.25, 0.3) is 0 Å². The van der Waals surface area contributed by atoms with Crippen molar-refractivity contribution in [1.29, 1.82) is 0 Å². The highest BCUT2D eigenvalue weighted by Crippen LogP contribution is 2.25. The highest BCUT2D eigenvalue weighted by Gasteiger charge is 2.20. The molecule has 1 unspecified atom stereocenters. The Bertz CT molecular complexity index is 389. The zero-order chi connectivity index (χ0) is 13.7. The van der Waals surface area contributed by atoms with E-state index < -0.39 is 6.10 Å². The van der Waals surface area contributed by atoms with E-state index in [9.17, 15) is 5.11 Å². The molecule has 1 aromatic carbocycles. The molecule has 4 nitrogen and oxygen atoms in total. The topological polar surface area (TPSA) is 35.9 Å². The van der Waals surface area contributed by atoms with E-state index in [2.05, 4.69) is 16.7 Å². The lowest BCUT2D eigenvalue weighted by Gasteiger charge is -2.35. The summed E-state index contributed by atoms with van der Waals surface area (Å²) >= 11 is 0. The maximum atomic E-state index is 10.4. The first-order chi connectivity index (χ1) is 9.24. The Morgan fingerprint density at radius 2 is 1.79 bits per heavy atom. The van der Waals surface area contributed by atoms with Gasteiger partial charge in [0.05, 0.1) is 13.2 Å². The highest BCUT2D eigenvalue weighted by molar-refractivity contribution is 5.35. The van der Waals surface area contributed by atoms with Crippen LogP contribution in [0.1, 0.15) is 18.6 Å². The second kappa shape index (κ2) is 6.89. The number of piperazine rings is 1. The molecule has 1 heterocycles. The number of likely N-dealkylation sites (N-methyl/N-ethyl adjacent to an activating group) is 1. The molecule has 0 aliphatic carbocycles. The molecule has 1 N–H and O–H groups in total. The summed E-state index contributed by atoms with van der Waals surface area (Å²) < 4.78 is 5.30. The molecule has 0 saturated carbocycles. The normalized spacial score (nSPS) is 19.3. The van der Waals surface area contributed by atoms with Crippen molar-refractivity contribution in [2.24, 2.45) is 0 Å². The van der Waals surface area contributed by atoms with Crippen LogP contribution < -0.4 is 4.74 Å². The number of rotatable bonds is 5. The van der Waals surface area contributed by atoms with Crippen LogP contribution in [0.2, 0.25) is 0 Å². The van der Waals surface area contributed by atoms with E-state index in [0.717, 1.165) is 44.0 Å². The zero-order valence-electron chi connectivity index (χ0n) is 11.9. The number of aliphatic hydroxyl groups excluding tert-OH is 1. The van der Waals surface area contributed by atoms with Gasteiger partial charge in [0.1, 0.15) is 5.75 Å². The van der Waals surface area contributed by atoms with E-state index in [1.807, 2.05) is 24.3 Å². The molecule has 1 atom stereocenters. The number of para-hydroxylation sites is 1. The van der Waals surface area contributed by atoms with Gasteiger partial charge < -0.3 is 14.7 Å². The first kappa shape index (κ1) is 14.3. The fourth-order valence-corrected chi connectivity index (χ4v) is 2.57. The highest BCUT2D eigenvalue weighted by atomic mass is 16.5. The predicted molar refractivity (Wildman–Crippen MR) is 76.5 cm³/mol. The minimum atomic E-state index is -0.482. The van der Waals surface area contributed by atoms with Crippen LogP contribution in [0.4, 0.5) is 0 Å². The van der Waals surface area contributed by atoms with Crippen LogP contribution >= 0.6 is 0 Å². The van der Waals surface area contributed by atoms with E-state index in [1.165, 1.54) is 0 Å². The maximum Gasteiger partial charge on any atom is 0.124 e. The van der Waals surface area contributed by atoms with Crippen LogP contribution in [0.15, 0.2) is 24.3 Å². The monoisotopic (exact) mass is 264 g/mol. The van der Waals surface area contributed by atoms with Gasteiger partial charge in [0.15, 0.2) is 0 Å². The van der Waals surface area contributed by atoms with Gasteiger partial charge in [-0.15, -0.1) is 0 Å². The molecule has 1 saturated heterocycles. The van der Waals surface area contributed by atoms with E-state index in [0.29, 0.717) is 6.54 Å². The van der Waals surface area contributed by atoms with E-state index >= 15 is 0 Å². The van der Waals surface area contributed by atoms with E-state index in [4.69, 9.17) is 4.74 Å². The largest absolute Gasteiger partial charge is 0.496 e. The van der Waals surface area contributed by atoms with Crippen molar-refractivity contribution in [1.82, 2.24) is 9.80 Å². The molecular weight excluding hydrogens is 240 g/mol. The molecule has 2 rings (SSSR count). The molecule has 1 aliphatic heterocycles. The number of methoxy groups -OCH3 is 1. The van der Waals surface area contributed by atoms with Gasteiger partial charge in [-0.1, -0.05) is 25.1 Å². The first-order valence-electron chi connectivity index (χ1n) is 7.00. The zero-order valence-corrected chi connectivity index (χ0v) is 11.9. The number of β-amino-alcohol motifs (C(OH)–C–C–N with tert-alkyl or cyclic N) is 1. The molecule has 0 amide bonds. The minimum absolute atomic E-state index is 0.482. The summed E-state index contributed by atoms with van der Waals surface area (Å²) in [6.45, 7) is 8.23. The summed E-state index contributed by atoms with van der Waals surface area (Å²) in [7, 11) is 1.64. The molecule has 1 aromatic rings. The van der Waals surface area contributed by atoms with Gasteiger partial charge in [-0.25, -0.2) is 0 Å². The summed E-state index contributed by atoms with van der Waals surface area (Å²) in [5.74, 6) is 0.766. The third-order valence-electron chi connectivity index (χ3n) is 3.84. The van der Waals surface area contributed by atoms with Crippen molar-refractivity contribution in [2.45, 2.75) is 13.0 Å². The maximum absolute atomic E-state index is 10.4. The van der Waals surface area contributed by atoms with Crippen LogP contribution in [0, 0.1) is 0 Å². The molecule has 1 fully saturated rings. The molecule has 106 valence electrons. The smallest absolute Gasteiger partial charge is 0.124 e. The van der Waals surface area contributed by atoms with Crippen molar-refractivity contribution >= 4 is 0 Å². The van der Waals surface area contributed by atoms with Crippen LogP contribution in [-0.2, 0) is 0 Å².